The molecule has 0 amide bonds. The molecule has 0 saturated heterocycles. The van der Waals surface area contributed by atoms with E-state index in [2.05, 4.69) is 28.8 Å². The van der Waals surface area contributed by atoms with E-state index in [1.165, 1.54) is 6.42 Å². The van der Waals surface area contributed by atoms with Gasteiger partial charge in [0, 0.05) is 11.2 Å². The average Bonchev–Trinajstić information content (AvgIpc) is 2.26. The normalized spacial score (nSPS) is 16.7. The van der Waals surface area contributed by atoms with Crippen LogP contribution in [0.2, 0.25) is 0 Å². The highest BCUT2D eigenvalue weighted by Gasteiger charge is 2.32. The van der Waals surface area contributed by atoms with Crippen LogP contribution < -0.4 is 0 Å². The van der Waals surface area contributed by atoms with Crippen LogP contribution >= 0.6 is 15.9 Å². The lowest BCUT2D eigenvalue weighted by molar-refractivity contribution is 0.0120. The number of aliphatic hydroxyl groups excluding tert-OH is 1. The summed E-state index contributed by atoms with van der Waals surface area (Å²) in [6.07, 6.45) is 10.2. The Hall–Kier alpha value is -0.0400. The van der Waals surface area contributed by atoms with Gasteiger partial charge in [-0.3, -0.25) is 0 Å². The van der Waals surface area contributed by atoms with Gasteiger partial charge in [-0.05, 0) is 12.8 Å². The zero-order valence-corrected chi connectivity index (χ0v) is 11.0. The number of hydrogen-bond acceptors (Lipinski definition) is 2. The maximum Gasteiger partial charge on any atom is 0.131 e. The minimum absolute atomic E-state index is 0.0836. The lowest BCUT2D eigenvalue weighted by Crippen LogP contribution is -2.39. The third-order valence-electron chi connectivity index (χ3n) is 2.74. The first-order valence-corrected chi connectivity index (χ1v) is 6.63. The molecule has 0 aromatic rings. The lowest BCUT2D eigenvalue weighted by Gasteiger charge is -2.29. The summed E-state index contributed by atoms with van der Waals surface area (Å²) >= 11 is 3.26. The SMILES string of the molecule is C#CC(O)(CCCCCC)C(CO)CBr. The minimum atomic E-state index is -1.16. The number of alkyl halides is 1. The van der Waals surface area contributed by atoms with E-state index in [4.69, 9.17) is 11.5 Å². The van der Waals surface area contributed by atoms with Crippen LogP contribution in [0.1, 0.15) is 39.0 Å². The van der Waals surface area contributed by atoms with Gasteiger partial charge in [0.1, 0.15) is 5.60 Å². The summed E-state index contributed by atoms with van der Waals surface area (Å²) in [4.78, 5) is 0. The molecule has 0 aliphatic heterocycles. The van der Waals surface area contributed by atoms with E-state index in [-0.39, 0.29) is 12.5 Å². The number of halogens is 1. The molecular formula is C12H21BrO2. The van der Waals surface area contributed by atoms with E-state index in [1.807, 2.05) is 0 Å². The van der Waals surface area contributed by atoms with Crippen LogP contribution in [-0.2, 0) is 0 Å². The monoisotopic (exact) mass is 276 g/mol. The molecule has 2 atom stereocenters. The summed E-state index contributed by atoms with van der Waals surface area (Å²) in [5.41, 5.74) is -1.16. The fraction of sp³-hybridized carbons (Fsp3) is 0.833. The molecule has 0 saturated carbocycles. The van der Waals surface area contributed by atoms with Crippen LogP contribution in [0.4, 0.5) is 0 Å². The quantitative estimate of drug-likeness (QED) is 0.406. The van der Waals surface area contributed by atoms with Crippen LogP contribution in [-0.4, -0.2) is 27.8 Å². The molecule has 3 heteroatoms. The van der Waals surface area contributed by atoms with E-state index in [0.29, 0.717) is 11.8 Å². The van der Waals surface area contributed by atoms with Crippen molar-refractivity contribution < 1.29 is 10.2 Å². The molecule has 0 radical (unpaired) electrons. The molecule has 0 heterocycles. The van der Waals surface area contributed by atoms with E-state index >= 15 is 0 Å². The molecule has 2 unspecified atom stereocenters. The first-order valence-electron chi connectivity index (χ1n) is 5.51. The first-order chi connectivity index (χ1) is 7.14. The Morgan fingerprint density at radius 3 is 2.47 bits per heavy atom. The first kappa shape index (κ1) is 15.0. The van der Waals surface area contributed by atoms with Gasteiger partial charge in [-0.1, -0.05) is 48.0 Å². The van der Waals surface area contributed by atoms with Crippen molar-refractivity contribution >= 4 is 15.9 Å². The fourth-order valence-electron chi connectivity index (χ4n) is 1.54. The van der Waals surface area contributed by atoms with Crippen molar-refractivity contribution in [2.45, 2.75) is 44.6 Å². The van der Waals surface area contributed by atoms with E-state index in [1.54, 1.807) is 0 Å². The van der Waals surface area contributed by atoms with Gasteiger partial charge >= 0.3 is 0 Å². The second-order valence-electron chi connectivity index (χ2n) is 3.91. The predicted octanol–water partition coefficient (Wildman–Crippen LogP) is 2.32. The van der Waals surface area contributed by atoms with Gasteiger partial charge in [0.25, 0.3) is 0 Å². The van der Waals surface area contributed by atoms with Gasteiger partial charge in [0.15, 0.2) is 0 Å². The van der Waals surface area contributed by atoms with Gasteiger partial charge in [0.2, 0.25) is 0 Å². The van der Waals surface area contributed by atoms with E-state index in [9.17, 15) is 5.11 Å². The second-order valence-corrected chi connectivity index (χ2v) is 4.56. The van der Waals surface area contributed by atoms with Gasteiger partial charge in [-0.2, -0.15) is 0 Å². The molecule has 15 heavy (non-hydrogen) atoms. The topological polar surface area (TPSA) is 40.5 Å². The van der Waals surface area contributed by atoms with E-state index < -0.39 is 5.60 Å². The number of terminal acetylenes is 1. The second kappa shape index (κ2) is 8.15. The van der Waals surface area contributed by atoms with Crippen molar-refractivity contribution in [3.05, 3.63) is 0 Å². The Balaban J connectivity index is 4.13. The summed E-state index contributed by atoms with van der Waals surface area (Å²) < 4.78 is 0. The molecule has 0 aliphatic rings. The Kier molecular flexibility index (Phi) is 8.13. The third kappa shape index (κ3) is 5.01. The summed E-state index contributed by atoms with van der Waals surface area (Å²) in [5.74, 6) is 2.15. The van der Waals surface area contributed by atoms with Crippen LogP contribution in [0.25, 0.3) is 0 Å². The van der Waals surface area contributed by atoms with Crippen molar-refractivity contribution in [1.82, 2.24) is 0 Å². The Morgan fingerprint density at radius 2 is 2.07 bits per heavy atom. The summed E-state index contributed by atoms with van der Waals surface area (Å²) in [5, 5.41) is 19.8. The molecule has 0 aliphatic carbocycles. The molecule has 0 aromatic carbocycles. The molecule has 2 nitrogen and oxygen atoms in total. The van der Waals surface area contributed by atoms with E-state index in [0.717, 1.165) is 19.3 Å². The maximum atomic E-state index is 10.2. The van der Waals surface area contributed by atoms with Crippen LogP contribution in [0.5, 0.6) is 0 Å². The molecule has 0 rings (SSSR count). The molecule has 2 N–H and O–H groups in total. The lowest BCUT2D eigenvalue weighted by atomic mass is 9.85. The molecule has 0 fully saturated rings. The van der Waals surface area contributed by atoms with Crippen LogP contribution in [0, 0.1) is 18.3 Å². The van der Waals surface area contributed by atoms with Gasteiger partial charge < -0.3 is 10.2 Å². The fourth-order valence-corrected chi connectivity index (χ4v) is 2.28. The molecule has 0 spiro atoms. The number of unbranched alkanes of at least 4 members (excludes halogenated alkanes) is 3. The summed E-state index contributed by atoms with van der Waals surface area (Å²) in [6.45, 7) is 2.06. The Morgan fingerprint density at radius 1 is 1.40 bits per heavy atom. The number of aliphatic hydroxyl groups is 2. The Bertz CT molecular complexity index is 196. The van der Waals surface area contributed by atoms with Crippen molar-refractivity contribution in [3.8, 4) is 12.3 Å². The number of rotatable bonds is 8. The van der Waals surface area contributed by atoms with Crippen LogP contribution in [0.3, 0.4) is 0 Å². The van der Waals surface area contributed by atoms with Crippen molar-refractivity contribution in [3.63, 3.8) is 0 Å². The Labute approximate surface area is 101 Å². The molecule has 0 bridgehead atoms. The maximum absolute atomic E-state index is 10.2. The zero-order chi connectivity index (χ0) is 11.7. The highest BCUT2D eigenvalue weighted by atomic mass is 79.9. The summed E-state index contributed by atoms with van der Waals surface area (Å²) in [7, 11) is 0. The zero-order valence-electron chi connectivity index (χ0n) is 9.38. The third-order valence-corrected chi connectivity index (χ3v) is 3.53. The van der Waals surface area contributed by atoms with Gasteiger partial charge in [0.05, 0.1) is 6.61 Å². The van der Waals surface area contributed by atoms with Gasteiger partial charge in [-0.25, -0.2) is 0 Å². The van der Waals surface area contributed by atoms with Gasteiger partial charge in [-0.15, -0.1) is 6.42 Å². The smallest absolute Gasteiger partial charge is 0.131 e. The highest BCUT2D eigenvalue weighted by Crippen LogP contribution is 2.25. The highest BCUT2D eigenvalue weighted by molar-refractivity contribution is 9.09. The average molecular weight is 277 g/mol. The standard InChI is InChI=1S/C12H21BrO2/c1-3-5-6-7-8-12(15,4-2)11(9-13)10-14/h2,11,14-15H,3,5-10H2,1H3. The largest absolute Gasteiger partial charge is 0.396 e. The molecule has 88 valence electrons. The minimum Gasteiger partial charge on any atom is -0.396 e. The van der Waals surface area contributed by atoms with Crippen molar-refractivity contribution in [2.75, 3.05) is 11.9 Å². The number of hydrogen-bond donors (Lipinski definition) is 2. The van der Waals surface area contributed by atoms with Crippen molar-refractivity contribution in [2.24, 2.45) is 5.92 Å². The van der Waals surface area contributed by atoms with Crippen molar-refractivity contribution in [1.29, 1.82) is 0 Å². The molecular weight excluding hydrogens is 256 g/mol. The summed E-state index contributed by atoms with van der Waals surface area (Å²) in [6, 6.07) is 0. The van der Waals surface area contributed by atoms with Crippen LogP contribution in [0.15, 0.2) is 0 Å². The molecule has 0 aromatic heterocycles. The predicted molar refractivity (Wildman–Crippen MR) is 66.9 cm³/mol.